The molecule has 0 saturated heterocycles. The molecule has 0 aliphatic carbocycles. The first-order chi connectivity index (χ1) is 7.50. The third kappa shape index (κ3) is 1.50. The van der Waals surface area contributed by atoms with Crippen LogP contribution in [0.1, 0.15) is 6.92 Å². The van der Waals surface area contributed by atoms with Gasteiger partial charge in [-0.25, -0.2) is 13.7 Å². The summed E-state index contributed by atoms with van der Waals surface area (Å²) >= 11 is 0. The van der Waals surface area contributed by atoms with Crippen LogP contribution in [0.4, 0.5) is 14.5 Å². The lowest BCUT2D eigenvalue weighted by Crippen LogP contribution is -2.31. The highest BCUT2D eigenvalue weighted by Crippen LogP contribution is 2.25. The number of hydrogen-bond acceptors (Lipinski definition) is 2. The van der Waals surface area contributed by atoms with Crippen molar-refractivity contribution in [3.05, 3.63) is 41.5 Å². The molecular formula is C11H7F2NO2. The van der Waals surface area contributed by atoms with Crippen LogP contribution in [0.25, 0.3) is 0 Å². The Morgan fingerprint density at radius 3 is 2.44 bits per heavy atom. The van der Waals surface area contributed by atoms with Crippen LogP contribution in [0.5, 0.6) is 0 Å². The molecule has 0 atom stereocenters. The Morgan fingerprint density at radius 1 is 1.19 bits per heavy atom. The van der Waals surface area contributed by atoms with Crippen molar-refractivity contribution in [2.75, 3.05) is 4.90 Å². The second-order valence-corrected chi connectivity index (χ2v) is 3.40. The van der Waals surface area contributed by atoms with Gasteiger partial charge in [-0.3, -0.25) is 9.59 Å². The van der Waals surface area contributed by atoms with Crippen LogP contribution in [-0.2, 0) is 9.59 Å². The van der Waals surface area contributed by atoms with E-state index in [2.05, 4.69) is 0 Å². The minimum absolute atomic E-state index is 0.202. The maximum atomic E-state index is 13.4. The van der Waals surface area contributed by atoms with Gasteiger partial charge in [-0.15, -0.1) is 0 Å². The number of carbonyl (C=O) groups is 2. The third-order valence-electron chi connectivity index (χ3n) is 2.25. The summed E-state index contributed by atoms with van der Waals surface area (Å²) in [6.45, 7) is 1.44. The Morgan fingerprint density at radius 2 is 1.88 bits per heavy atom. The average Bonchev–Trinajstić information content (AvgIpc) is 2.46. The number of nitrogens with zero attached hydrogens (tertiary/aromatic N) is 1. The Labute approximate surface area is 90.0 Å². The molecule has 82 valence electrons. The predicted octanol–water partition coefficient (Wildman–Crippen LogP) is 1.78. The Kier molecular flexibility index (Phi) is 2.30. The number of hydrogen-bond donors (Lipinski definition) is 0. The largest absolute Gasteiger partial charge is 0.269 e. The molecule has 0 N–H and O–H groups in total. The third-order valence-corrected chi connectivity index (χ3v) is 2.25. The van der Waals surface area contributed by atoms with Crippen LogP contribution >= 0.6 is 0 Å². The number of amides is 2. The summed E-state index contributed by atoms with van der Waals surface area (Å²) in [7, 11) is 0. The quantitative estimate of drug-likeness (QED) is 0.680. The number of carbonyl (C=O) groups excluding carboxylic acids is 2. The summed E-state index contributed by atoms with van der Waals surface area (Å²) in [5.41, 5.74) is -0.156. The highest BCUT2D eigenvalue weighted by atomic mass is 19.1. The summed E-state index contributed by atoms with van der Waals surface area (Å²) in [6.07, 6.45) is 1.09. The molecule has 0 unspecified atom stereocenters. The molecule has 2 rings (SSSR count). The van der Waals surface area contributed by atoms with Crippen molar-refractivity contribution >= 4 is 17.5 Å². The van der Waals surface area contributed by atoms with E-state index in [1.165, 1.54) is 6.92 Å². The fourth-order valence-electron chi connectivity index (χ4n) is 1.47. The van der Waals surface area contributed by atoms with Crippen molar-refractivity contribution in [2.45, 2.75) is 6.92 Å². The number of halogens is 2. The van der Waals surface area contributed by atoms with E-state index in [-0.39, 0.29) is 11.3 Å². The van der Waals surface area contributed by atoms with Crippen molar-refractivity contribution in [3.8, 4) is 0 Å². The molecule has 0 aromatic heterocycles. The minimum atomic E-state index is -0.814. The number of imide groups is 1. The summed E-state index contributed by atoms with van der Waals surface area (Å²) < 4.78 is 26.3. The first-order valence-electron chi connectivity index (χ1n) is 4.52. The smallest absolute Gasteiger partial charge is 0.261 e. The lowest BCUT2D eigenvalue weighted by molar-refractivity contribution is -0.120. The number of anilines is 1. The van der Waals surface area contributed by atoms with Gasteiger partial charge in [-0.1, -0.05) is 0 Å². The molecule has 1 heterocycles. The molecular weight excluding hydrogens is 216 g/mol. The summed E-state index contributed by atoms with van der Waals surface area (Å²) in [5, 5.41) is 0. The Hall–Kier alpha value is -2.04. The Bertz CT molecular complexity index is 523. The number of rotatable bonds is 1. The van der Waals surface area contributed by atoms with Crippen molar-refractivity contribution in [1.82, 2.24) is 0 Å². The molecule has 2 amide bonds. The van der Waals surface area contributed by atoms with E-state index in [9.17, 15) is 18.4 Å². The standard InChI is InChI=1S/C11H7F2NO2/c1-6-4-10(15)14(11(6)16)9-5-7(12)2-3-8(9)13/h2-5H,1H3. The highest BCUT2D eigenvalue weighted by Gasteiger charge is 2.31. The predicted molar refractivity (Wildman–Crippen MR) is 52.6 cm³/mol. The van der Waals surface area contributed by atoms with Gasteiger partial charge in [0, 0.05) is 17.7 Å². The SMILES string of the molecule is CC1=CC(=O)N(c2cc(F)ccc2F)C1=O. The van der Waals surface area contributed by atoms with Gasteiger partial charge in [0.25, 0.3) is 11.8 Å². The van der Waals surface area contributed by atoms with Crippen LogP contribution in [-0.4, -0.2) is 11.8 Å². The highest BCUT2D eigenvalue weighted by molar-refractivity contribution is 6.30. The average molecular weight is 223 g/mol. The van der Waals surface area contributed by atoms with E-state index in [1.807, 2.05) is 0 Å². The van der Waals surface area contributed by atoms with Crippen LogP contribution in [0, 0.1) is 11.6 Å². The molecule has 1 aliphatic heterocycles. The minimum Gasteiger partial charge on any atom is -0.269 e. The summed E-state index contributed by atoms with van der Waals surface area (Å²) in [5.74, 6) is -2.81. The van der Waals surface area contributed by atoms with Gasteiger partial charge in [0.1, 0.15) is 11.6 Å². The maximum Gasteiger partial charge on any atom is 0.261 e. The molecule has 0 radical (unpaired) electrons. The van der Waals surface area contributed by atoms with Gasteiger partial charge in [0.2, 0.25) is 0 Å². The zero-order valence-electron chi connectivity index (χ0n) is 8.33. The second kappa shape index (κ2) is 3.52. The fourth-order valence-corrected chi connectivity index (χ4v) is 1.47. The van der Waals surface area contributed by atoms with Crippen molar-refractivity contribution in [1.29, 1.82) is 0 Å². The fraction of sp³-hybridized carbons (Fsp3) is 0.0909. The van der Waals surface area contributed by atoms with Crippen molar-refractivity contribution in [2.24, 2.45) is 0 Å². The van der Waals surface area contributed by atoms with E-state index >= 15 is 0 Å². The molecule has 0 bridgehead atoms. The van der Waals surface area contributed by atoms with Gasteiger partial charge in [-0.2, -0.15) is 0 Å². The lowest BCUT2D eigenvalue weighted by Gasteiger charge is -2.15. The zero-order valence-corrected chi connectivity index (χ0v) is 8.33. The second-order valence-electron chi connectivity index (χ2n) is 3.40. The van der Waals surface area contributed by atoms with Gasteiger partial charge >= 0.3 is 0 Å². The van der Waals surface area contributed by atoms with E-state index in [0.29, 0.717) is 4.90 Å². The maximum absolute atomic E-state index is 13.4. The first-order valence-corrected chi connectivity index (χ1v) is 4.52. The molecule has 16 heavy (non-hydrogen) atoms. The first kappa shape index (κ1) is 10.5. The van der Waals surface area contributed by atoms with Gasteiger partial charge in [-0.05, 0) is 19.1 Å². The normalized spacial score (nSPS) is 15.7. The monoisotopic (exact) mass is 223 g/mol. The van der Waals surface area contributed by atoms with Gasteiger partial charge in [0.05, 0.1) is 5.69 Å². The molecule has 5 heteroatoms. The molecule has 1 aliphatic rings. The Balaban J connectivity index is 2.50. The van der Waals surface area contributed by atoms with Crippen LogP contribution in [0.3, 0.4) is 0 Å². The van der Waals surface area contributed by atoms with Crippen LogP contribution in [0.15, 0.2) is 29.8 Å². The summed E-state index contributed by atoms with van der Waals surface area (Å²) in [6, 6.07) is 2.61. The molecule has 1 aromatic carbocycles. The molecule has 0 saturated carbocycles. The summed E-state index contributed by atoms with van der Waals surface area (Å²) in [4.78, 5) is 23.5. The molecule has 1 aromatic rings. The van der Waals surface area contributed by atoms with Crippen molar-refractivity contribution < 1.29 is 18.4 Å². The number of benzene rings is 1. The lowest BCUT2D eigenvalue weighted by atomic mass is 10.2. The molecule has 3 nitrogen and oxygen atoms in total. The van der Waals surface area contributed by atoms with E-state index in [4.69, 9.17) is 0 Å². The van der Waals surface area contributed by atoms with Gasteiger partial charge in [0.15, 0.2) is 0 Å². The topological polar surface area (TPSA) is 37.4 Å². The van der Waals surface area contributed by atoms with Crippen molar-refractivity contribution in [3.63, 3.8) is 0 Å². The molecule has 0 spiro atoms. The van der Waals surface area contributed by atoms with E-state index in [0.717, 1.165) is 24.3 Å². The van der Waals surface area contributed by atoms with E-state index in [1.54, 1.807) is 0 Å². The van der Waals surface area contributed by atoms with Crippen LogP contribution in [0.2, 0.25) is 0 Å². The van der Waals surface area contributed by atoms with E-state index < -0.39 is 23.4 Å². The van der Waals surface area contributed by atoms with Gasteiger partial charge < -0.3 is 0 Å². The molecule has 0 fully saturated rings. The van der Waals surface area contributed by atoms with Crippen LogP contribution < -0.4 is 4.90 Å². The zero-order chi connectivity index (χ0) is 11.9.